The van der Waals surface area contributed by atoms with Gasteiger partial charge in [-0.25, -0.2) is 0 Å². The van der Waals surface area contributed by atoms with Gasteiger partial charge in [0.15, 0.2) is 0 Å². The van der Waals surface area contributed by atoms with Crippen molar-refractivity contribution in [2.75, 3.05) is 0 Å². The first kappa shape index (κ1) is 16.2. The van der Waals surface area contributed by atoms with Crippen LogP contribution in [0.4, 0.5) is 0 Å². The standard InChI is InChI=1S/2C7H6Br.2ClH.Sn/c2*1-6-2-4-7(8)5-3-6;;;/h2*2-5H,1H2;2*1H;/q;;;;+2/p-2. The molecule has 0 saturated heterocycles. The van der Waals surface area contributed by atoms with Crippen LogP contribution in [0.1, 0.15) is 11.1 Å². The van der Waals surface area contributed by atoms with E-state index >= 15 is 0 Å². The van der Waals surface area contributed by atoms with Crippen LogP contribution in [0.15, 0.2) is 57.5 Å². The molecule has 0 amide bonds. The number of hydrogen-bond donors (Lipinski definition) is 0. The van der Waals surface area contributed by atoms with Gasteiger partial charge in [0.25, 0.3) is 0 Å². The van der Waals surface area contributed by atoms with E-state index in [1.54, 1.807) is 0 Å². The molecule has 0 aliphatic heterocycles. The summed E-state index contributed by atoms with van der Waals surface area (Å²) in [5.74, 6) is 0. The minimum absolute atomic E-state index is 0.834. The second-order valence-electron chi connectivity index (χ2n) is 4.46. The molecule has 0 radical (unpaired) electrons. The molecule has 0 bridgehead atoms. The van der Waals surface area contributed by atoms with E-state index in [0.29, 0.717) is 0 Å². The Morgan fingerprint density at radius 2 is 1.00 bits per heavy atom. The molecule has 0 spiro atoms. The molecular weight excluding hydrogens is 518 g/mol. The van der Waals surface area contributed by atoms with Crippen molar-refractivity contribution < 1.29 is 0 Å². The van der Waals surface area contributed by atoms with E-state index < -0.39 is 16.1 Å². The molecule has 0 heterocycles. The van der Waals surface area contributed by atoms with Crippen LogP contribution < -0.4 is 0 Å². The van der Waals surface area contributed by atoms with Gasteiger partial charge in [-0.2, -0.15) is 0 Å². The molecule has 0 aromatic heterocycles. The van der Waals surface area contributed by atoms with E-state index in [9.17, 15) is 0 Å². The summed E-state index contributed by atoms with van der Waals surface area (Å²) in [6, 6.07) is 16.5. The van der Waals surface area contributed by atoms with Gasteiger partial charge in [0.1, 0.15) is 0 Å². The zero-order valence-corrected chi connectivity index (χ0v) is 17.6. The second-order valence-corrected chi connectivity index (χ2v) is 24.2. The normalized spacial score (nSPS) is 11.6. The first-order valence-electron chi connectivity index (χ1n) is 5.81. The summed E-state index contributed by atoms with van der Waals surface area (Å²) in [6.07, 6.45) is 0. The molecule has 0 fully saturated rings. The predicted molar refractivity (Wildman–Crippen MR) is 93.2 cm³/mol. The fourth-order valence-corrected chi connectivity index (χ4v) is 11.6. The van der Waals surface area contributed by atoms with E-state index in [4.69, 9.17) is 17.8 Å². The van der Waals surface area contributed by atoms with Gasteiger partial charge in [0.05, 0.1) is 0 Å². The van der Waals surface area contributed by atoms with E-state index in [2.05, 4.69) is 56.1 Å². The van der Waals surface area contributed by atoms with Gasteiger partial charge in [-0.3, -0.25) is 0 Å². The van der Waals surface area contributed by atoms with Crippen molar-refractivity contribution in [3.63, 3.8) is 0 Å². The first-order chi connectivity index (χ1) is 8.94. The summed E-state index contributed by atoms with van der Waals surface area (Å²) in [4.78, 5) is 0. The van der Waals surface area contributed by atoms with E-state index in [-0.39, 0.29) is 0 Å². The Bertz CT molecular complexity index is 489. The van der Waals surface area contributed by atoms with Crippen molar-refractivity contribution in [3.8, 4) is 0 Å². The zero-order chi connectivity index (χ0) is 13.9. The molecule has 100 valence electrons. The number of halogens is 4. The van der Waals surface area contributed by atoms with Crippen LogP contribution in [-0.4, -0.2) is 16.1 Å². The average molecular weight is 530 g/mol. The van der Waals surface area contributed by atoms with Crippen LogP contribution >= 0.6 is 49.7 Å². The summed E-state index contributed by atoms with van der Waals surface area (Å²) in [7, 11) is 13.3. The quantitative estimate of drug-likeness (QED) is 0.427. The molecule has 0 unspecified atom stereocenters. The fourth-order valence-electron chi connectivity index (χ4n) is 1.86. The maximum atomic E-state index is 6.64. The number of rotatable bonds is 4. The maximum absolute atomic E-state index is 6.64. The van der Waals surface area contributed by atoms with Crippen LogP contribution in [-0.2, 0) is 8.87 Å². The van der Waals surface area contributed by atoms with E-state index in [1.807, 2.05) is 24.3 Å². The zero-order valence-electron chi connectivity index (χ0n) is 10.0. The number of hydrogen-bond acceptors (Lipinski definition) is 0. The summed E-state index contributed by atoms with van der Waals surface area (Å²) in [5.41, 5.74) is 2.45. The summed E-state index contributed by atoms with van der Waals surface area (Å²) in [6.45, 7) is 0. The molecule has 0 saturated carbocycles. The minimum atomic E-state index is -3.08. The predicted octanol–water partition coefficient (Wildman–Crippen LogP) is 6.00. The molecule has 0 nitrogen and oxygen atoms in total. The Hall–Kier alpha value is 0.779. The molecule has 0 aliphatic carbocycles. The van der Waals surface area contributed by atoms with Crippen LogP contribution in [0, 0.1) is 0 Å². The third kappa shape index (κ3) is 5.58. The number of benzene rings is 2. The third-order valence-electron chi connectivity index (χ3n) is 2.75. The molecule has 5 heteroatoms. The first-order valence-corrected chi connectivity index (χ1v) is 18.7. The Labute approximate surface area is 142 Å². The topological polar surface area (TPSA) is 0 Å². The Balaban J connectivity index is 2.05. The van der Waals surface area contributed by atoms with Crippen LogP contribution in [0.2, 0.25) is 0 Å². The van der Waals surface area contributed by atoms with Crippen molar-refractivity contribution in [3.05, 3.63) is 68.6 Å². The summed E-state index contributed by atoms with van der Waals surface area (Å²) in [5, 5.41) is 0. The Morgan fingerprint density at radius 1 is 0.684 bits per heavy atom. The molecule has 2 aromatic rings. The molecule has 0 aliphatic rings. The monoisotopic (exact) mass is 528 g/mol. The van der Waals surface area contributed by atoms with Gasteiger partial charge in [-0.15, -0.1) is 0 Å². The third-order valence-corrected chi connectivity index (χ3v) is 12.7. The van der Waals surface area contributed by atoms with Gasteiger partial charge >= 0.3 is 143 Å². The molecule has 2 rings (SSSR count). The van der Waals surface area contributed by atoms with Crippen LogP contribution in [0.5, 0.6) is 0 Å². The molecule has 0 atom stereocenters. The summed E-state index contributed by atoms with van der Waals surface area (Å²) >= 11 is 3.78. The van der Waals surface area contributed by atoms with Crippen LogP contribution in [0.3, 0.4) is 0 Å². The van der Waals surface area contributed by atoms with Gasteiger partial charge in [0, 0.05) is 0 Å². The van der Waals surface area contributed by atoms with Crippen LogP contribution in [0.25, 0.3) is 0 Å². The fraction of sp³-hybridized carbons (Fsp3) is 0.143. The van der Waals surface area contributed by atoms with E-state index in [0.717, 1.165) is 17.8 Å². The van der Waals surface area contributed by atoms with Gasteiger partial charge in [-0.05, 0) is 0 Å². The molecule has 2 aromatic carbocycles. The second kappa shape index (κ2) is 7.17. The van der Waals surface area contributed by atoms with E-state index in [1.165, 1.54) is 11.1 Å². The van der Waals surface area contributed by atoms with Crippen molar-refractivity contribution in [2.45, 2.75) is 8.87 Å². The van der Waals surface area contributed by atoms with Crippen molar-refractivity contribution in [1.82, 2.24) is 0 Å². The molecule has 0 N–H and O–H groups in total. The van der Waals surface area contributed by atoms with Crippen molar-refractivity contribution >= 4 is 65.8 Å². The Kier molecular flexibility index (Phi) is 6.09. The Morgan fingerprint density at radius 3 is 1.32 bits per heavy atom. The van der Waals surface area contributed by atoms with Gasteiger partial charge in [0.2, 0.25) is 0 Å². The molecule has 19 heavy (non-hydrogen) atoms. The van der Waals surface area contributed by atoms with Gasteiger partial charge < -0.3 is 0 Å². The van der Waals surface area contributed by atoms with Gasteiger partial charge in [-0.1, -0.05) is 0 Å². The van der Waals surface area contributed by atoms with Crippen molar-refractivity contribution in [1.29, 1.82) is 0 Å². The summed E-state index contributed by atoms with van der Waals surface area (Å²) < 4.78 is 3.82. The average Bonchev–Trinajstić information content (AvgIpc) is 2.34. The van der Waals surface area contributed by atoms with Crippen molar-refractivity contribution in [2.24, 2.45) is 0 Å². The SMILES string of the molecule is [Cl][Sn]([Cl])([CH2]c1ccc(Br)cc1)[CH2]c1ccc(Br)cc1. The molecular formula is C14H12Br2Cl2Sn.